The van der Waals surface area contributed by atoms with Gasteiger partial charge in [-0.05, 0) is 93.5 Å². The molecule has 2 unspecified atom stereocenters. The molecule has 2 bridgehead atoms. The van der Waals surface area contributed by atoms with Gasteiger partial charge >= 0.3 is 5.97 Å². The zero-order chi connectivity index (χ0) is 33.7. The highest BCUT2D eigenvalue weighted by Gasteiger charge is 2.79. The number of esters is 1. The number of aliphatic hydroxyl groups is 4. The summed E-state index contributed by atoms with van der Waals surface area (Å²) in [5, 5.41) is 41.1. The van der Waals surface area contributed by atoms with Crippen molar-refractivity contribution in [2.45, 2.75) is 141 Å². The molecule has 0 aromatic rings. The highest BCUT2D eigenvalue weighted by molar-refractivity contribution is 5.83. The lowest BCUT2D eigenvalue weighted by molar-refractivity contribution is -0.329. The van der Waals surface area contributed by atoms with Gasteiger partial charge in [0.05, 0.1) is 23.7 Å². The van der Waals surface area contributed by atoms with E-state index >= 15 is 0 Å². The van der Waals surface area contributed by atoms with Crippen molar-refractivity contribution in [2.24, 2.45) is 45.3 Å². The molecular formula is C37H58O9. The predicted molar refractivity (Wildman–Crippen MR) is 171 cm³/mol. The fourth-order valence-electron chi connectivity index (χ4n) is 11.4. The van der Waals surface area contributed by atoms with E-state index in [-0.39, 0.29) is 34.2 Å². The minimum Gasteiger partial charge on any atom is -0.453 e. The van der Waals surface area contributed by atoms with Gasteiger partial charge in [-0.3, -0.25) is 4.79 Å². The average Bonchev–Trinajstić information content (AvgIpc) is 3.37. The highest BCUT2D eigenvalue weighted by Crippen LogP contribution is 2.78. The third-order valence-electron chi connectivity index (χ3n) is 14.6. The van der Waals surface area contributed by atoms with Crippen LogP contribution in [0, 0.1) is 45.3 Å². The number of rotatable bonds is 8. The fourth-order valence-corrected chi connectivity index (χ4v) is 11.4. The van der Waals surface area contributed by atoms with E-state index in [4.69, 9.17) is 18.9 Å². The van der Waals surface area contributed by atoms with Gasteiger partial charge in [-0.15, -0.1) is 0 Å². The molecule has 46 heavy (non-hydrogen) atoms. The third kappa shape index (κ3) is 4.55. The van der Waals surface area contributed by atoms with Crippen LogP contribution in [0.2, 0.25) is 0 Å². The molecule has 0 radical (unpaired) electrons. The Morgan fingerprint density at radius 1 is 1.02 bits per heavy atom. The molecule has 3 saturated carbocycles. The molecule has 2 saturated heterocycles. The summed E-state index contributed by atoms with van der Waals surface area (Å²) in [7, 11) is 1.75. The van der Waals surface area contributed by atoms with E-state index in [1.807, 2.05) is 0 Å². The topological polar surface area (TPSA) is 135 Å². The number of fused-ring (bicyclic) bond motifs is 2. The Labute approximate surface area is 274 Å². The molecule has 9 nitrogen and oxygen atoms in total. The van der Waals surface area contributed by atoms with E-state index in [1.54, 1.807) is 7.11 Å². The number of carbonyl (C=O) groups is 1. The van der Waals surface area contributed by atoms with Crippen molar-refractivity contribution >= 4 is 5.97 Å². The van der Waals surface area contributed by atoms with Gasteiger partial charge in [-0.1, -0.05) is 52.8 Å². The van der Waals surface area contributed by atoms with Crippen molar-refractivity contribution < 1.29 is 44.2 Å². The molecule has 2 aliphatic heterocycles. The van der Waals surface area contributed by atoms with Gasteiger partial charge in [-0.2, -0.15) is 0 Å². The van der Waals surface area contributed by atoms with Crippen molar-refractivity contribution in [3.63, 3.8) is 0 Å². The summed E-state index contributed by atoms with van der Waals surface area (Å²) >= 11 is 0. The molecule has 1 spiro atoms. The van der Waals surface area contributed by atoms with Crippen LogP contribution in [0.15, 0.2) is 24.3 Å². The Balaban J connectivity index is 1.27. The van der Waals surface area contributed by atoms with Gasteiger partial charge in [-0.25, -0.2) is 0 Å². The lowest BCUT2D eigenvalue weighted by Gasteiger charge is -2.63. The zero-order valence-electron chi connectivity index (χ0n) is 29.1. The number of carbonyl (C=O) groups excluding carboxylic acids is 1. The van der Waals surface area contributed by atoms with Crippen LogP contribution < -0.4 is 0 Å². The molecule has 14 atom stereocenters. The second-order valence-corrected chi connectivity index (χ2v) is 17.1. The molecule has 2 heterocycles. The fraction of sp³-hybridized carbons (Fsp3) is 0.865. The summed E-state index contributed by atoms with van der Waals surface area (Å²) < 4.78 is 24.3. The molecule has 0 aromatic heterocycles. The Morgan fingerprint density at radius 2 is 1.74 bits per heavy atom. The first-order valence-electron chi connectivity index (χ1n) is 17.6. The molecule has 260 valence electrons. The van der Waals surface area contributed by atoms with Crippen molar-refractivity contribution in [3.8, 4) is 0 Å². The molecule has 0 amide bonds. The number of allylic oxidation sites excluding steroid dienone is 2. The summed E-state index contributed by atoms with van der Waals surface area (Å²) in [6.45, 7) is 15.1. The van der Waals surface area contributed by atoms with Crippen LogP contribution in [0.5, 0.6) is 0 Å². The second kappa shape index (κ2) is 11.4. The van der Waals surface area contributed by atoms with Gasteiger partial charge < -0.3 is 39.4 Å². The Bertz CT molecular complexity index is 1240. The minimum atomic E-state index is -1.51. The van der Waals surface area contributed by atoms with Crippen LogP contribution in [0.4, 0.5) is 0 Å². The molecule has 9 heteroatoms. The van der Waals surface area contributed by atoms with E-state index in [0.717, 1.165) is 38.5 Å². The van der Waals surface area contributed by atoms with Gasteiger partial charge in [0, 0.05) is 18.4 Å². The largest absolute Gasteiger partial charge is 0.453 e. The Kier molecular flexibility index (Phi) is 8.53. The van der Waals surface area contributed by atoms with Crippen LogP contribution in [0.3, 0.4) is 0 Å². The van der Waals surface area contributed by atoms with Crippen molar-refractivity contribution in [2.75, 3.05) is 13.7 Å². The standard InChI is InChI=1S/C37H58O9/c1-21(10-9-15-32(2,3)43-8)22-13-16-35(7)24-14-17-37-25(36(24,31(42)46-37)19-18-34(22,35)6)11-12-26(33(37,4)5)45-30-29(41)28(40)27(39)23(20-38)44-30/h9,14-15,17,21-30,38-41H,10-13,16,18-20H2,1-8H3/b15-9+/t21-,22-,23-,24?,25?,26+,27-,28-,29-,30+,34-,35+,36+,37-/m1/s1. The van der Waals surface area contributed by atoms with Gasteiger partial charge in [0.25, 0.3) is 0 Å². The lowest BCUT2D eigenvalue weighted by Crippen LogP contribution is -2.66. The number of aliphatic hydroxyl groups excluding tert-OH is 4. The molecule has 6 aliphatic rings. The first-order chi connectivity index (χ1) is 21.5. The van der Waals surface area contributed by atoms with Gasteiger partial charge in [0.15, 0.2) is 6.29 Å². The third-order valence-corrected chi connectivity index (χ3v) is 14.6. The van der Waals surface area contributed by atoms with E-state index < -0.39 is 59.8 Å². The molecule has 6 rings (SSSR count). The van der Waals surface area contributed by atoms with Gasteiger partial charge in [0.2, 0.25) is 0 Å². The monoisotopic (exact) mass is 646 g/mol. The number of hydrogen-bond donors (Lipinski definition) is 4. The summed E-state index contributed by atoms with van der Waals surface area (Å²) in [5.74, 6) is 1.08. The Hall–Kier alpha value is -1.33. The maximum absolute atomic E-state index is 14.4. The smallest absolute Gasteiger partial charge is 0.314 e. The average molecular weight is 647 g/mol. The molecule has 5 fully saturated rings. The van der Waals surface area contributed by atoms with Crippen molar-refractivity contribution in [3.05, 3.63) is 24.3 Å². The molecule has 4 aliphatic carbocycles. The lowest BCUT2D eigenvalue weighted by atomic mass is 9.38. The number of hydrogen-bond acceptors (Lipinski definition) is 9. The van der Waals surface area contributed by atoms with E-state index in [0.29, 0.717) is 18.3 Å². The van der Waals surface area contributed by atoms with Crippen LogP contribution in [-0.2, 0) is 23.7 Å². The summed E-state index contributed by atoms with van der Waals surface area (Å²) in [4.78, 5) is 14.4. The molecule has 4 N–H and O–H groups in total. The summed E-state index contributed by atoms with van der Waals surface area (Å²) in [6.07, 6.45) is 8.16. The normalized spacial score (nSPS) is 50.2. The van der Waals surface area contributed by atoms with Crippen molar-refractivity contribution in [1.29, 1.82) is 0 Å². The van der Waals surface area contributed by atoms with E-state index in [1.165, 1.54) is 0 Å². The first kappa shape index (κ1) is 34.5. The summed E-state index contributed by atoms with van der Waals surface area (Å²) in [6, 6.07) is 0. The number of methoxy groups -OCH3 is 1. The van der Waals surface area contributed by atoms with Crippen LogP contribution in [-0.4, -0.2) is 88.1 Å². The first-order valence-corrected chi connectivity index (χ1v) is 17.6. The number of ether oxygens (including phenoxy) is 4. The summed E-state index contributed by atoms with van der Waals surface area (Å²) in [5.41, 5.74) is -2.36. The molecule has 0 aromatic carbocycles. The van der Waals surface area contributed by atoms with Gasteiger partial charge in [0.1, 0.15) is 30.0 Å². The Morgan fingerprint density at radius 3 is 2.41 bits per heavy atom. The van der Waals surface area contributed by atoms with Crippen LogP contribution in [0.25, 0.3) is 0 Å². The maximum atomic E-state index is 14.4. The van der Waals surface area contributed by atoms with E-state index in [9.17, 15) is 25.2 Å². The SMILES string of the molecule is COC(C)(C)/C=C/C[C@@H](C)[C@H]1CC[C@@]2(C)C3C=C[C@@]45OC(=O)[C@]3(CC[C@]12C)C4CC[C@H](O[C@@H]1O[C@H](CO)[C@@H](O)[C@@H](O)[C@H]1O)C5(C)C. The van der Waals surface area contributed by atoms with Crippen molar-refractivity contribution in [1.82, 2.24) is 0 Å². The zero-order valence-corrected chi connectivity index (χ0v) is 29.1. The van der Waals surface area contributed by atoms with E-state index in [2.05, 4.69) is 72.8 Å². The quantitative estimate of drug-likeness (QED) is 0.225. The molecular weight excluding hydrogens is 588 g/mol. The predicted octanol–water partition coefficient (Wildman–Crippen LogP) is 4.30. The van der Waals surface area contributed by atoms with Crippen LogP contribution in [0.1, 0.15) is 93.4 Å². The van der Waals surface area contributed by atoms with Crippen LogP contribution >= 0.6 is 0 Å². The minimum absolute atomic E-state index is 0.00390. The maximum Gasteiger partial charge on any atom is 0.314 e. The second-order valence-electron chi connectivity index (χ2n) is 17.1. The highest BCUT2D eigenvalue weighted by atomic mass is 16.7.